The molecule has 0 amide bonds. The Morgan fingerprint density at radius 1 is 1.45 bits per heavy atom. The molecule has 3 rings (SSSR count). The normalized spacial score (nSPS) is 19.3. The highest BCUT2D eigenvalue weighted by atomic mass is 16.6. The van der Waals surface area contributed by atoms with E-state index in [0.29, 0.717) is 17.8 Å². The predicted octanol–water partition coefficient (Wildman–Crippen LogP) is 1.41. The fourth-order valence-electron chi connectivity index (χ4n) is 2.50. The van der Waals surface area contributed by atoms with Gasteiger partial charge in [-0.2, -0.15) is 0 Å². The van der Waals surface area contributed by atoms with Gasteiger partial charge in [-0.05, 0) is 24.6 Å². The predicted molar refractivity (Wildman–Crippen MR) is 77.9 cm³/mol. The lowest BCUT2D eigenvalue weighted by Crippen LogP contribution is -2.46. The molecular weight excluding hydrogens is 288 g/mol. The van der Waals surface area contributed by atoms with Gasteiger partial charge in [-0.3, -0.25) is 4.79 Å². The Kier molecular flexibility index (Phi) is 3.41. The van der Waals surface area contributed by atoms with Crippen LogP contribution < -0.4 is 10.4 Å². The minimum Gasteiger partial charge on any atom is -0.487 e. The number of fused-ring (bicyclic) bond motifs is 2. The third-order valence-corrected chi connectivity index (χ3v) is 3.74. The number of carbonyl (C=O) groups is 1. The van der Waals surface area contributed by atoms with Crippen LogP contribution in [0.15, 0.2) is 33.5 Å². The summed E-state index contributed by atoms with van der Waals surface area (Å²) in [7, 11) is 0. The third kappa shape index (κ3) is 2.69. The van der Waals surface area contributed by atoms with Crippen molar-refractivity contribution in [2.24, 2.45) is 0 Å². The molecule has 0 fully saturated rings. The van der Waals surface area contributed by atoms with E-state index in [9.17, 15) is 14.7 Å². The van der Waals surface area contributed by atoms with Gasteiger partial charge >= 0.3 is 11.6 Å². The highest BCUT2D eigenvalue weighted by Gasteiger charge is 2.39. The summed E-state index contributed by atoms with van der Waals surface area (Å²) in [6.07, 6.45) is -0.0519. The van der Waals surface area contributed by atoms with Crippen molar-refractivity contribution in [2.45, 2.75) is 32.0 Å². The Balaban J connectivity index is 1.87. The van der Waals surface area contributed by atoms with Crippen molar-refractivity contribution >= 4 is 16.9 Å². The van der Waals surface area contributed by atoms with Crippen molar-refractivity contribution in [1.29, 1.82) is 0 Å². The highest BCUT2D eigenvalue weighted by molar-refractivity contribution is 5.79. The Labute approximate surface area is 126 Å². The van der Waals surface area contributed by atoms with E-state index in [2.05, 4.69) is 0 Å². The monoisotopic (exact) mass is 304 g/mol. The van der Waals surface area contributed by atoms with Crippen molar-refractivity contribution in [1.82, 2.24) is 0 Å². The van der Waals surface area contributed by atoms with Crippen LogP contribution in [0.5, 0.6) is 5.75 Å². The van der Waals surface area contributed by atoms with Gasteiger partial charge < -0.3 is 19.0 Å². The molecule has 0 aliphatic carbocycles. The van der Waals surface area contributed by atoms with Crippen LogP contribution in [-0.2, 0) is 16.0 Å². The Morgan fingerprint density at radius 3 is 2.95 bits per heavy atom. The molecule has 0 radical (unpaired) electrons. The number of hydrogen-bond acceptors (Lipinski definition) is 6. The van der Waals surface area contributed by atoms with E-state index < -0.39 is 23.3 Å². The zero-order valence-electron chi connectivity index (χ0n) is 12.3. The molecule has 2 heterocycles. The molecule has 2 aromatic rings. The molecule has 0 unspecified atom stereocenters. The van der Waals surface area contributed by atoms with Gasteiger partial charge in [0.05, 0.1) is 0 Å². The van der Waals surface area contributed by atoms with Crippen LogP contribution in [0.3, 0.4) is 0 Å². The van der Waals surface area contributed by atoms with Gasteiger partial charge in [0.1, 0.15) is 29.6 Å². The molecule has 1 aromatic heterocycles. The van der Waals surface area contributed by atoms with Crippen LogP contribution in [0.2, 0.25) is 0 Å². The molecule has 116 valence electrons. The summed E-state index contributed by atoms with van der Waals surface area (Å²) in [5, 5.41) is 11.2. The molecule has 0 saturated carbocycles. The number of carbonyl (C=O) groups excluding carboxylic acids is 1. The van der Waals surface area contributed by atoms with Crippen molar-refractivity contribution in [3.63, 3.8) is 0 Å². The van der Waals surface area contributed by atoms with Gasteiger partial charge in [0.2, 0.25) is 0 Å². The van der Waals surface area contributed by atoms with Crippen LogP contribution in [0.1, 0.15) is 19.4 Å². The molecule has 2 atom stereocenters. The van der Waals surface area contributed by atoms with Crippen LogP contribution in [0, 0.1) is 0 Å². The summed E-state index contributed by atoms with van der Waals surface area (Å²) in [5.74, 6) is 0.109. The lowest BCUT2D eigenvalue weighted by molar-refractivity contribution is -0.153. The maximum atomic E-state index is 11.3. The number of hydrogen-bond donors (Lipinski definition) is 1. The summed E-state index contributed by atoms with van der Waals surface area (Å²) >= 11 is 0. The van der Waals surface area contributed by atoms with E-state index in [-0.39, 0.29) is 6.61 Å². The SMILES string of the molecule is CC(=O)OC[C@@](C)(O)[C@H]1Cc2cc3ccc(=O)oc3cc2O1. The number of ether oxygens (including phenoxy) is 2. The van der Waals surface area contributed by atoms with Crippen molar-refractivity contribution < 1.29 is 23.8 Å². The number of rotatable bonds is 3. The summed E-state index contributed by atoms with van der Waals surface area (Å²) in [6.45, 7) is 2.71. The van der Waals surface area contributed by atoms with Gasteiger partial charge in [0.25, 0.3) is 0 Å². The minimum atomic E-state index is -1.31. The molecular formula is C16H16O6. The lowest BCUT2D eigenvalue weighted by atomic mass is 9.95. The number of aliphatic hydroxyl groups is 1. The zero-order chi connectivity index (χ0) is 15.9. The first-order valence-corrected chi connectivity index (χ1v) is 6.94. The van der Waals surface area contributed by atoms with E-state index in [1.165, 1.54) is 13.0 Å². The van der Waals surface area contributed by atoms with Crippen LogP contribution >= 0.6 is 0 Å². The standard InChI is InChI=1S/C16H16O6/c1-9(17)20-8-16(2,19)14-6-11-5-10-3-4-15(18)22-12(10)7-13(11)21-14/h3-5,7,14,19H,6,8H2,1-2H3/t14-,16-/m1/s1. The molecule has 0 spiro atoms. The molecule has 1 aromatic carbocycles. The molecule has 1 aliphatic rings. The molecule has 0 saturated heterocycles. The van der Waals surface area contributed by atoms with Crippen molar-refractivity contribution in [3.8, 4) is 5.75 Å². The Hall–Kier alpha value is -2.34. The highest BCUT2D eigenvalue weighted by Crippen LogP contribution is 2.36. The quantitative estimate of drug-likeness (QED) is 0.681. The second-order valence-electron chi connectivity index (χ2n) is 5.70. The molecule has 6 nitrogen and oxygen atoms in total. The summed E-state index contributed by atoms with van der Waals surface area (Å²) in [6, 6.07) is 6.56. The number of benzene rings is 1. The first-order valence-electron chi connectivity index (χ1n) is 6.94. The van der Waals surface area contributed by atoms with Crippen LogP contribution in [0.4, 0.5) is 0 Å². The van der Waals surface area contributed by atoms with Crippen LogP contribution in [-0.4, -0.2) is 29.4 Å². The molecule has 22 heavy (non-hydrogen) atoms. The molecule has 6 heteroatoms. The summed E-state index contributed by atoms with van der Waals surface area (Å²) in [5.41, 5.74) is -0.387. The van der Waals surface area contributed by atoms with Crippen molar-refractivity contribution in [2.75, 3.05) is 6.61 Å². The van der Waals surface area contributed by atoms with E-state index in [1.54, 1.807) is 19.1 Å². The molecule has 1 N–H and O–H groups in total. The first kappa shape index (κ1) is 14.6. The lowest BCUT2D eigenvalue weighted by Gasteiger charge is -2.28. The third-order valence-electron chi connectivity index (χ3n) is 3.74. The fourth-order valence-corrected chi connectivity index (χ4v) is 2.50. The molecule has 1 aliphatic heterocycles. The average Bonchev–Trinajstić information content (AvgIpc) is 2.86. The smallest absolute Gasteiger partial charge is 0.336 e. The zero-order valence-corrected chi connectivity index (χ0v) is 12.3. The second-order valence-corrected chi connectivity index (χ2v) is 5.70. The van der Waals surface area contributed by atoms with Gasteiger partial charge in [-0.1, -0.05) is 0 Å². The maximum absolute atomic E-state index is 11.3. The second kappa shape index (κ2) is 5.14. The average molecular weight is 304 g/mol. The summed E-state index contributed by atoms with van der Waals surface area (Å²) in [4.78, 5) is 22.2. The first-order chi connectivity index (χ1) is 10.3. The topological polar surface area (TPSA) is 86.0 Å². The van der Waals surface area contributed by atoms with Crippen molar-refractivity contribution in [3.05, 3.63) is 40.2 Å². The van der Waals surface area contributed by atoms with Gasteiger partial charge in [0.15, 0.2) is 0 Å². The van der Waals surface area contributed by atoms with Crippen LogP contribution in [0.25, 0.3) is 11.0 Å². The van der Waals surface area contributed by atoms with E-state index in [0.717, 1.165) is 10.9 Å². The largest absolute Gasteiger partial charge is 0.487 e. The number of esters is 1. The van der Waals surface area contributed by atoms with Gasteiger partial charge in [-0.15, -0.1) is 0 Å². The summed E-state index contributed by atoms with van der Waals surface area (Å²) < 4.78 is 15.8. The van der Waals surface area contributed by atoms with E-state index in [1.807, 2.05) is 6.07 Å². The fraction of sp³-hybridized carbons (Fsp3) is 0.375. The van der Waals surface area contributed by atoms with E-state index >= 15 is 0 Å². The minimum absolute atomic E-state index is 0.143. The van der Waals surface area contributed by atoms with Gasteiger partial charge in [-0.25, -0.2) is 4.79 Å². The Morgan fingerprint density at radius 2 is 2.23 bits per heavy atom. The van der Waals surface area contributed by atoms with Gasteiger partial charge in [0, 0.05) is 30.9 Å². The van der Waals surface area contributed by atoms with E-state index in [4.69, 9.17) is 13.9 Å². The Bertz CT molecular complexity index is 789. The molecule has 0 bridgehead atoms. The maximum Gasteiger partial charge on any atom is 0.336 e.